The van der Waals surface area contributed by atoms with Crippen LogP contribution in [0.25, 0.3) is 0 Å². The fourth-order valence-corrected chi connectivity index (χ4v) is 6.01. The SMILES string of the molecule is CCCCNC(=O)[C@@H](CC)N(CCc1ccccc1)C(=O)CN(c1cccc(Cl)c1)S(=O)(=O)c1ccc(Cl)cc1. The molecule has 0 aromatic heterocycles. The Morgan fingerprint density at radius 3 is 2.23 bits per heavy atom. The number of anilines is 1. The van der Waals surface area contributed by atoms with E-state index >= 15 is 0 Å². The minimum atomic E-state index is -4.19. The fraction of sp³-hybridized carbons (Fsp3) is 0.333. The van der Waals surface area contributed by atoms with Gasteiger partial charge in [0.05, 0.1) is 10.6 Å². The van der Waals surface area contributed by atoms with E-state index in [0.717, 1.165) is 22.7 Å². The molecule has 0 aliphatic heterocycles. The van der Waals surface area contributed by atoms with Gasteiger partial charge in [0, 0.05) is 23.1 Å². The van der Waals surface area contributed by atoms with Crippen molar-refractivity contribution in [3.63, 3.8) is 0 Å². The number of unbranched alkanes of at least 4 members (excludes halogenated alkanes) is 1. The van der Waals surface area contributed by atoms with Crippen LogP contribution in [0.15, 0.2) is 83.8 Å². The van der Waals surface area contributed by atoms with Crippen LogP contribution in [0.3, 0.4) is 0 Å². The van der Waals surface area contributed by atoms with Crippen LogP contribution in [0.5, 0.6) is 0 Å². The zero-order chi connectivity index (χ0) is 29.1. The van der Waals surface area contributed by atoms with Gasteiger partial charge in [-0.2, -0.15) is 0 Å². The van der Waals surface area contributed by atoms with Crippen molar-refractivity contribution in [3.05, 3.63) is 94.5 Å². The van der Waals surface area contributed by atoms with E-state index < -0.39 is 28.5 Å². The molecule has 0 aliphatic carbocycles. The van der Waals surface area contributed by atoms with Crippen LogP contribution < -0.4 is 9.62 Å². The van der Waals surface area contributed by atoms with Crippen molar-refractivity contribution in [2.24, 2.45) is 0 Å². The predicted molar refractivity (Wildman–Crippen MR) is 161 cm³/mol. The molecule has 1 atom stereocenters. The molecule has 3 aromatic rings. The van der Waals surface area contributed by atoms with Gasteiger partial charge < -0.3 is 10.2 Å². The molecule has 214 valence electrons. The van der Waals surface area contributed by atoms with E-state index in [0.29, 0.717) is 29.4 Å². The van der Waals surface area contributed by atoms with Gasteiger partial charge in [-0.1, -0.05) is 79.9 Å². The van der Waals surface area contributed by atoms with Crippen molar-refractivity contribution in [1.82, 2.24) is 10.2 Å². The molecule has 40 heavy (non-hydrogen) atoms. The predicted octanol–water partition coefficient (Wildman–Crippen LogP) is 5.95. The number of rotatable bonds is 14. The third-order valence-electron chi connectivity index (χ3n) is 6.48. The van der Waals surface area contributed by atoms with Crippen LogP contribution in [-0.2, 0) is 26.0 Å². The molecule has 0 aliphatic rings. The number of halogens is 2. The highest BCUT2D eigenvalue weighted by molar-refractivity contribution is 7.92. The van der Waals surface area contributed by atoms with Crippen LogP contribution in [-0.4, -0.2) is 50.8 Å². The number of hydrogen-bond acceptors (Lipinski definition) is 4. The molecule has 0 bridgehead atoms. The Morgan fingerprint density at radius 2 is 1.60 bits per heavy atom. The summed E-state index contributed by atoms with van der Waals surface area (Å²) in [5, 5.41) is 3.64. The molecule has 0 heterocycles. The van der Waals surface area contributed by atoms with Gasteiger partial charge >= 0.3 is 0 Å². The summed E-state index contributed by atoms with van der Waals surface area (Å²) in [5.41, 5.74) is 1.24. The maximum Gasteiger partial charge on any atom is 0.264 e. The van der Waals surface area contributed by atoms with Gasteiger partial charge in [-0.15, -0.1) is 0 Å². The van der Waals surface area contributed by atoms with Crippen LogP contribution in [0.2, 0.25) is 10.0 Å². The van der Waals surface area contributed by atoms with Crippen LogP contribution in [0, 0.1) is 0 Å². The average molecular weight is 605 g/mol. The van der Waals surface area contributed by atoms with Gasteiger partial charge in [-0.25, -0.2) is 8.42 Å². The number of benzene rings is 3. The van der Waals surface area contributed by atoms with E-state index in [4.69, 9.17) is 23.2 Å². The Morgan fingerprint density at radius 1 is 0.900 bits per heavy atom. The minimum absolute atomic E-state index is 0.0233. The lowest BCUT2D eigenvalue weighted by Crippen LogP contribution is -2.53. The van der Waals surface area contributed by atoms with Gasteiger partial charge in [0.2, 0.25) is 11.8 Å². The van der Waals surface area contributed by atoms with E-state index in [1.165, 1.54) is 35.2 Å². The molecule has 3 rings (SSSR count). The molecule has 10 heteroatoms. The standard InChI is InChI=1S/C30H35Cl2N3O4S/c1-3-5-19-33-30(37)28(4-2)34(20-18-23-10-7-6-8-11-23)29(36)22-35(26-13-9-12-25(32)21-26)40(38,39)27-16-14-24(31)15-17-27/h6-17,21,28H,3-5,18-20,22H2,1-2H3,(H,33,37)/t28-/m1/s1. The van der Waals surface area contributed by atoms with E-state index in [1.54, 1.807) is 18.2 Å². The van der Waals surface area contributed by atoms with Gasteiger partial charge in [-0.05, 0) is 67.3 Å². The molecule has 2 amide bonds. The molecule has 3 aromatic carbocycles. The zero-order valence-corrected chi connectivity index (χ0v) is 25.1. The molecule has 0 radical (unpaired) electrons. The van der Waals surface area contributed by atoms with E-state index in [-0.39, 0.29) is 23.0 Å². The van der Waals surface area contributed by atoms with Crippen LogP contribution in [0.4, 0.5) is 5.69 Å². The highest BCUT2D eigenvalue weighted by Gasteiger charge is 2.33. The number of carbonyl (C=O) groups is 2. The Kier molecular flexibility index (Phi) is 11.9. The van der Waals surface area contributed by atoms with Crippen molar-refractivity contribution in [2.75, 3.05) is 23.9 Å². The lowest BCUT2D eigenvalue weighted by Gasteiger charge is -2.33. The molecular formula is C30H35Cl2N3O4S. The number of amides is 2. The quantitative estimate of drug-likeness (QED) is 0.230. The Labute approximate surface area is 247 Å². The van der Waals surface area contributed by atoms with Crippen molar-refractivity contribution in [2.45, 2.75) is 50.5 Å². The Hall–Kier alpha value is -3.07. The smallest absolute Gasteiger partial charge is 0.264 e. The average Bonchev–Trinajstić information content (AvgIpc) is 2.94. The summed E-state index contributed by atoms with van der Waals surface area (Å²) in [7, 11) is -4.19. The fourth-order valence-electron chi connectivity index (χ4n) is 4.30. The summed E-state index contributed by atoms with van der Waals surface area (Å²) in [6, 6.07) is 20.9. The molecule has 0 saturated heterocycles. The second-order valence-corrected chi connectivity index (χ2v) is 12.1. The normalized spacial score (nSPS) is 12.0. The third kappa shape index (κ3) is 8.46. The second kappa shape index (κ2) is 15.1. The lowest BCUT2D eigenvalue weighted by molar-refractivity contribution is -0.139. The van der Waals surface area contributed by atoms with Gasteiger partial charge in [0.25, 0.3) is 10.0 Å². The minimum Gasteiger partial charge on any atom is -0.354 e. The number of sulfonamides is 1. The molecule has 0 spiro atoms. The zero-order valence-electron chi connectivity index (χ0n) is 22.7. The molecular weight excluding hydrogens is 569 g/mol. The molecule has 0 saturated carbocycles. The summed E-state index contributed by atoms with van der Waals surface area (Å²) in [5.74, 6) is -0.752. The molecule has 7 nitrogen and oxygen atoms in total. The van der Waals surface area contributed by atoms with E-state index in [1.807, 2.05) is 44.2 Å². The lowest BCUT2D eigenvalue weighted by atomic mass is 10.1. The molecule has 1 N–H and O–H groups in total. The maximum absolute atomic E-state index is 14.0. The van der Waals surface area contributed by atoms with Crippen molar-refractivity contribution >= 4 is 50.7 Å². The third-order valence-corrected chi connectivity index (χ3v) is 8.75. The first-order chi connectivity index (χ1) is 19.2. The molecule has 0 unspecified atom stereocenters. The molecule has 0 fully saturated rings. The highest BCUT2D eigenvalue weighted by Crippen LogP contribution is 2.27. The summed E-state index contributed by atoms with van der Waals surface area (Å²) in [6.45, 7) is 4.11. The van der Waals surface area contributed by atoms with Gasteiger partial charge in [0.1, 0.15) is 12.6 Å². The largest absolute Gasteiger partial charge is 0.354 e. The summed E-state index contributed by atoms with van der Waals surface area (Å²) in [6.07, 6.45) is 2.62. The Balaban J connectivity index is 1.98. The second-order valence-electron chi connectivity index (χ2n) is 9.34. The van der Waals surface area contributed by atoms with Gasteiger partial charge in [0.15, 0.2) is 0 Å². The maximum atomic E-state index is 14.0. The summed E-state index contributed by atoms with van der Waals surface area (Å²) < 4.78 is 28.7. The summed E-state index contributed by atoms with van der Waals surface area (Å²) >= 11 is 12.2. The van der Waals surface area contributed by atoms with E-state index in [9.17, 15) is 18.0 Å². The van der Waals surface area contributed by atoms with Crippen LogP contribution in [0.1, 0.15) is 38.7 Å². The first-order valence-corrected chi connectivity index (χ1v) is 15.5. The first-order valence-electron chi connectivity index (χ1n) is 13.3. The highest BCUT2D eigenvalue weighted by atomic mass is 35.5. The topological polar surface area (TPSA) is 86.8 Å². The number of nitrogens with one attached hydrogen (secondary N) is 1. The first kappa shape index (κ1) is 31.5. The summed E-state index contributed by atoms with van der Waals surface area (Å²) in [4.78, 5) is 28.6. The van der Waals surface area contributed by atoms with Crippen molar-refractivity contribution in [1.29, 1.82) is 0 Å². The van der Waals surface area contributed by atoms with Crippen molar-refractivity contribution in [3.8, 4) is 0 Å². The van der Waals surface area contributed by atoms with E-state index in [2.05, 4.69) is 5.32 Å². The number of carbonyl (C=O) groups excluding carboxylic acids is 2. The Bertz CT molecular complexity index is 1370. The number of nitrogens with zero attached hydrogens (tertiary/aromatic N) is 2. The number of hydrogen-bond donors (Lipinski definition) is 1. The van der Waals surface area contributed by atoms with Crippen LogP contribution >= 0.6 is 23.2 Å². The van der Waals surface area contributed by atoms with Gasteiger partial charge in [-0.3, -0.25) is 13.9 Å². The van der Waals surface area contributed by atoms with Crippen molar-refractivity contribution < 1.29 is 18.0 Å². The monoisotopic (exact) mass is 603 g/mol.